The first-order chi connectivity index (χ1) is 8.38. The van der Waals surface area contributed by atoms with E-state index in [0.717, 1.165) is 6.04 Å². The second kappa shape index (κ2) is 6.11. The van der Waals surface area contributed by atoms with Crippen molar-refractivity contribution in [3.8, 4) is 0 Å². The van der Waals surface area contributed by atoms with Crippen LogP contribution < -0.4 is 9.96 Å². The summed E-state index contributed by atoms with van der Waals surface area (Å²) >= 11 is 0. The number of anilines is 2. The van der Waals surface area contributed by atoms with Gasteiger partial charge in [0.05, 0.1) is 0 Å². The molecule has 0 unspecified atom stereocenters. The zero-order valence-corrected chi connectivity index (χ0v) is 11.2. The highest BCUT2D eigenvalue weighted by atomic mass is 28.3. The van der Waals surface area contributed by atoms with Crippen LogP contribution in [0, 0.1) is 0 Å². The predicted octanol–water partition coefficient (Wildman–Crippen LogP) is 3.45. The Morgan fingerprint density at radius 1 is 0.765 bits per heavy atom. The van der Waals surface area contributed by atoms with Crippen LogP contribution >= 0.6 is 0 Å². The molecule has 88 valence electrons. The fraction of sp³-hybridized carbons (Fsp3) is 0.143. The Morgan fingerprint density at radius 2 is 1.18 bits per heavy atom. The molecule has 0 aromatic heterocycles. The van der Waals surface area contributed by atoms with E-state index < -0.39 is 9.12 Å². The van der Waals surface area contributed by atoms with E-state index >= 15 is 0 Å². The Labute approximate surface area is 104 Å². The van der Waals surface area contributed by atoms with Crippen molar-refractivity contribution in [2.75, 3.05) is 9.96 Å². The molecule has 0 atom stereocenters. The van der Waals surface area contributed by atoms with E-state index in [-0.39, 0.29) is 0 Å². The first kappa shape index (κ1) is 11.7. The molecule has 2 nitrogen and oxygen atoms in total. The zero-order chi connectivity index (χ0) is 11.9. The SMILES string of the molecule is CC[SiH](Nc1ccccc1)Nc1ccccc1. The summed E-state index contributed by atoms with van der Waals surface area (Å²) in [4.78, 5) is 7.21. The monoisotopic (exact) mass is 242 g/mol. The minimum atomic E-state index is -1.17. The van der Waals surface area contributed by atoms with E-state index in [2.05, 4.69) is 65.4 Å². The molecule has 2 N–H and O–H groups in total. The number of hydrogen-bond acceptors (Lipinski definition) is 2. The van der Waals surface area contributed by atoms with E-state index in [0.29, 0.717) is 0 Å². The van der Waals surface area contributed by atoms with Crippen LogP contribution in [-0.4, -0.2) is 9.12 Å². The maximum Gasteiger partial charge on any atom is 0.242 e. The molecular formula is C14H18N2Si. The fourth-order valence-electron chi connectivity index (χ4n) is 1.71. The third-order valence-corrected chi connectivity index (χ3v) is 4.82. The largest absolute Gasteiger partial charge is 0.397 e. The second-order valence-corrected chi connectivity index (χ2v) is 6.48. The van der Waals surface area contributed by atoms with Gasteiger partial charge in [0.2, 0.25) is 9.12 Å². The number of para-hydroxylation sites is 2. The third-order valence-electron chi connectivity index (χ3n) is 2.64. The summed E-state index contributed by atoms with van der Waals surface area (Å²) < 4.78 is 0. The molecule has 0 radical (unpaired) electrons. The van der Waals surface area contributed by atoms with Crippen LogP contribution in [0.1, 0.15) is 6.92 Å². The van der Waals surface area contributed by atoms with E-state index in [1.165, 1.54) is 11.4 Å². The smallest absolute Gasteiger partial charge is 0.242 e. The molecule has 2 aromatic rings. The van der Waals surface area contributed by atoms with Crippen molar-refractivity contribution in [3.05, 3.63) is 60.7 Å². The van der Waals surface area contributed by atoms with Gasteiger partial charge >= 0.3 is 0 Å². The molecule has 3 heteroatoms. The summed E-state index contributed by atoms with van der Waals surface area (Å²) in [7, 11) is -1.17. The molecule has 0 amide bonds. The van der Waals surface area contributed by atoms with Crippen molar-refractivity contribution in [3.63, 3.8) is 0 Å². The van der Waals surface area contributed by atoms with Crippen LogP contribution in [0.5, 0.6) is 0 Å². The van der Waals surface area contributed by atoms with Crippen molar-refractivity contribution >= 4 is 20.5 Å². The predicted molar refractivity (Wildman–Crippen MR) is 77.8 cm³/mol. The molecule has 0 spiro atoms. The minimum absolute atomic E-state index is 1.16. The number of hydrogen-bond donors (Lipinski definition) is 2. The van der Waals surface area contributed by atoms with Gasteiger partial charge < -0.3 is 9.96 Å². The van der Waals surface area contributed by atoms with E-state index in [1.807, 2.05) is 12.1 Å². The van der Waals surface area contributed by atoms with Gasteiger partial charge in [0, 0.05) is 11.4 Å². The molecule has 0 fully saturated rings. The Bertz CT molecular complexity index is 389. The lowest BCUT2D eigenvalue weighted by Crippen LogP contribution is -2.33. The van der Waals surface area contributed by atoms with Crippen molar-refractivity contribution in [1.82, 2.24) is 0 Å². The molecule has 2 aromatic carbocycles. The molecule has 0 heterocycles. The summed E-state index contributed by atoms with van der Waals surface area (Å²) in [6, 6.07) is 21.9. The van der Waals surface area contributed by atoms with E-state index in [1.54, 1.807) is 0 Å². The standard InChI is InChI=1S/C14H18N2Si/c1-2-17(15-13-9-5-3-6-10-13)16-14-11-7-4-8-12-14/h3-12,15-17H,2H2,1H3. The summed E-state index contributed by atoms with van der Waals surface area (Å²) in [6.07, 6.45) is 0. The lowest BCUT2D eigenvalue weighted by molar-refractivity contribution is 1.39. The summed E-state index contributed by atoms with van der Waals surface area (Å²) in [5.74, 6) is 0. The third kappa shape index (κ3) is 3.64. The van der Waals surface area contributed by atoms with Crippen molar-refractivity contribution in [2.45, 2.75) is 13.0 Å². The van der Waals surface area contributed by atoms with Crippen molar-refractivity contribution < 1.29 is 0 Å². The maximum absolute atomic E-state index is 3.60. The molecule has 0 aliphatic heterocycles. The quantitative estimate of drug-likeness (QED) is 0.785. The topological polar surface area (TPSA) is 24.1 Å². The molecule has 2 rings (SSSR count). The normalized spacial score (nSPS) is 10.2. The van der Waals surface area contributed by atoms with Gasteiger partial charge in [-0.3, -0.25) is 0 Å². The van der Waals surface area contributed by atoms with E-state index in [4.69, 9.17) is 0 Å². The second-order valence-electron chi connectivity index (χ2n) is 3.98. The summed E-state index contributed by atoms with van der Waals surface area (Å²) in [5.41, 5.74) is 2.41. The van der Waals surface area contributed by atoms with Crippen LogP contribution in [0.4, 0.5) is 11.4 Å². The Kier molecular flexibility index (Phi) is 4.21. The van der Waals surface area contributed by atoms with Crippen molar-refractivity contribution in [1.29, 1.82) is 0 Å². The summed E-state index contributed by atoms with van der Waals surface area (Å²) in [5, 5.41) is 0. The molecular weight excluding hydrogens is 224 g/mol. The Morgan fingerprint density at radius 3 is 1.53 bits per heavy atom. The molecule has 0 bridgehead atoms. The Hall–Kier alpha value is -1.74. The van der Waals surface area contributed by atoms with Crippen LogP contribution in [0.3, 0.4) is 0 Å². The highest BCUT2D eigenvalue weighted by molar-refractivity contribution is 6.65. The van der Waals surface area contributed by atoms with Gasteiger partial charge in [0.15, 0.2) is 0 Å². The van der Waals surface area contributed by atoms with Crippen LogP contribution in [-0.2, 0) is 0 Å². The maximum atomic E-state index is 3.60. The minimum Gasteiger partial charge on any atom is -0.397 e. The van der Waals surface area contributed by atoms with Gasteiger partial charge in [0.25, 0.3) is 0 Å². The number of benzene rings is 2. The van der Waals surface area contributed by atoms with E-state index in [9.17, 15) is 0 Å². The van der Waals surface area contributed by atoms with Gasteiger partial charge in [-0.25, -0.2) is 0 Å². The van der Waals surface area contributed by atoms with Gasteiger partial charge in [-0.05, 0) is 30.3 Å². The average Bonchev–Trinajstić information content (AvgIpc) is 2.40. The fourth-order valence-corrected chi connectivity index (χ4v) is 3.38. The van der Waals surface area contributed by atoms with Crippen LogP contribution in [0.25, 0.3) is 0 Å². The lowest BCUT2D eigenvalue weighted by Gasteiger charge is -2.18. The number of nitrogens with one attached hydrogen (secondary N) is 2. The first-order valence-electron chi connectivity index (χ1n) is 6.01. The Balaban J connectivity index is 1.98. The lowest BCUT2D eigenvalue weighted by atomic mass is 10.3. The van der Waals surface area contributed by atoms with Crippen molar-refractivity contribution in [2.24, 2.45) is 0 Å². The van der Waals surface area contributed by atoms with Crippen LogP contribution in [0.2, 0.25) is 6.04 Å². The highest BCUT2D eigenvalue weighted by Crippen LogP contribution is 2.11. The number of rotatable bonds is 5. The van der Waals surface area contributed by atoms with Gasteiger partial charge in [-0.1, -0.05) is 43.3 Å². The summed E-state index contributed by atoms with van der Waals surface area (Å²) in [6.45, 7) is 2.22. The highest BCUT2D eigenvalue weighted by Gasteiger charge is 2.07. The van der Waals surface area contributed by atoms with Gasteiger partial charge in [-0.15, -0.1) is 0 Å². The van der Waals surface area contributed by atoms with Crippen LogP contribution in [0.15, 0.2) is 60.7 Å². The molecule has 0 aliphatic carbocycles. The molecule has 0 saturated heterocycles. The molecule has 0 saturated carbocycles. The molecule has 17 heavy (non-hydrogen) atoms. The first-order valence-corrected chi connectivity index (χ1v) is 7.99. The zero-order valence-electron chi connectivity index (χ0n) is 10.1. The van der Waals surface area contributed by atoms with Gasteiger partial charge in [-0.2, -0.15) is 0 Å². The molecule has 0 aliphatic rings. The van der Waals surface area contributed by atoms with Gasteiger partial charge in [0.1, 0.15) is 0 Å². The average molecular weight is 242 g/mol.